The van der Waals surface area contributed by atoms with Crippen LogP contribution in [0.4, 0.5) is 0 Å². The summed E-state index contributed by atoms with van der Waals surface area (Å²) < 4.78 is 1.97. The summed E-state index contributed by atoms with van der Waals surface area (Å²) in [6.07, 6.45) is 1.09. The third kappa shape index (κ3) is 2.50. The van der Waals surface area contributed by atoms with Crippen LogP contribution in [0, 0.1) is 4.77 Å². The average Bonchev–Trinajstić information content (AvgIpc) is 2.55. The summed E-state index contributed by atoms with van der Waals surface area (Å²) in [5, 5.41) is 0.641. The molecule has 3 nitrogen and oxygen atoms in total. The zero-order valence-corrected chi connectivity index (χ0v) is 13.5. The molecule has 0 fully saturated rings. The monoisotopic (exact) mass is 310 g/mol. The number of rotatable bonds is 3. The highest BCUT2D eigenvalue weighted by Crippen LogP contribution is 2.20. The molecule has 0 amide bonds. The maximum Gasteiger partial charge on any atom is 0.266 e. The summed E-state index contributed by atoms with van der Waals surface area (Å²) in [7, 11) is 0. The fraction of sp³-hybridized carbons (Fsp3) is 0.222. The van der Waals surface area contributed by atoms with E-state index in [4.69, 9.17) is 12.2 Å². The van der Waals surface area contributed by atoms with E-state index in [0.29, 0.717) is 16.1 Å². The van der Waals surface area contributed by atoms with Gasteiger partial charge in [-0.1, -0.05) is 38.1 Å². The highest BCUT2D eigenvalue weighted by Gasteiger charge is 2.08. The minimum absolute atomic E-state index is 0.0874. The zero-order valence-electron chi connectivity index (χ0n) is 12.7. The van der Waals surface area contributed by atoms with Crippen LogP contribution in [0.3, 0.4) is 0 Å². The Bertz CT molecular complexity index is 922. The van der Waals surface area contributed by atoms with Crippen molar-refractivity contribution in [2.45, 2.75) is 26.2 Å². The summed E-state index contributed by atoms with van der Waals surface area (Å²) in [6, 6.07) is 15.5. The van der Waals surface area contributed by atoms with E-state index in [2.05, 4.69) is 31.0 Å². The molecule has 0 radical (unpaired) electrons. The van der Waals surface area contributed by atoms with Crippen LogP contribution in [0.25, 0.3) is 16.6 Å². The van der Waals surface area contributed by atoms with Crippen molar-refractivity contribution in [2.75, 3.05) is 0 Å². The lowest BCUT2D eigenvalue weighted by Crippen LogP contribution is -2.20. The van der Waals surface area contributed by atoms with Crippen molar-refractivity contribution in [1.29, 1.82) is 0 Å². The molecule has 3 rings (SSSR count). The Morgan fingerprint density at radius 1 is 1.14 bits per heavy atom. The van der Waals surface area contributed by atoms with E-state index in [1.54, 1.807) is 4.57 Å². The summed E-state index contributed by atoms with van der Waals surface area (Å²) >= 11 is 5.36. The Balaban J connectivity index is 2.18. The minimum atomic E-state index is -0.0874. The second-order valence-electron chi connectivity index (χ2n) is 5.52. The van der Waals surface area contributed by atoms with Crippen molar-refractivity contribution in [3.05, 3.63) is 69.2 Å². The molecule has 0 saturated heterocycles. The molecule has 2 aromatic carbocycles. The van der Waals surface area contributed by atoms with E-state index in [1.165, 1.54) is 5.56 Å². The molecule has 3 aromatic rings. The van der Waals surface area contributed by atoms with Crippen LogP contribution < -0.4 is 5.56 Å². The van der Waals surface area contributed by atoms with E-state index in [1.807, 2.05) is 36.4 Å². The summed E-state index contributed by atoms with van der Waals surface area (Å²) in [5.41, 5.74) is 2.75. The molecule has 0 aliphatic rings. The van der Waals surface area contributed by atoms with Gasteiger partial charge in [-0.15, -0.1) is 0 Å². The van der Waals surface area contributed by atoms with Crippen molar-refractivity contribution in [3.63, 3.8) is 0 Å². The number of aromatic nitrogens is 2. The third-order valence-electron chi connectivity index (χ3n) is 4.14. The smallest absolute Gasteiger partial charge is 0.266 e. The second kappa shape index (κ2) is 5.89. The normalized spacial score (nSPS) is 12.5. The third-order valence-corrected chi connectivity index (χ3v) is 4.42. The first kappa shape index (κ1) is 14.7. The lowest BCUT2D eigenvalue weighted by Gasteiger charge is -2.11. The average molecular weight is 310 g/mol. The lowest BCUT2D eigenvalue weighted by molar-refractivity contribution is 0.733. The molecule has 4 heteroatoms. The standard InChI is InChI=1S/C18H18N2OS/c1-3-12(2)13-8-10-14(11-9-13)20-17(21)15-6-4-5-7-16(15)19-18(20)22/h4-12H,3H2,1-2H3,(H,19,22)/t12-/m0/s1. The SMILES string of the molecule is CC[C@H](C)c1ccc(-n2c(=S)[nH]c3ccccc3c2=O)cc1. The van der Waals surface area contributed by atoms with Gasteiger partial charge in [0.25, 0.3) is 5.56 Å². The fourth-order valence-electron chi connectivity index (χ4n) is 2.58. The first-order valence-electron chi connectivity index (χ1n) is 7.46. The van der Waals surface area contributed by atoms with E-state index in [9.17, 15) is 4.79 Å². The summed E-state index contributed by atoms with van der Waals surface area (Å²) in [4.78, 5) is 15.8. The predicted octanol–water partition coefficient (Wildman–Crippen LogP) is 4.56. The topological polar surface area (TPSA) is 37.8 Å². The van der Waals surface area contributed by atoms with E-state index in [-0.39, 0.29) is 5.56 Å². The molecule has 0 bridgehead atoms. The molecule has 0 aliphatic heterocycles. The molecule has 0 spiro atoms. The minimum Gasteiger partial charge on any atom is -0.331 e. The number of hydrogen-bond donors (Lipinski definition) is 1. The van der Waals surface area contributed by atoms with Crippen LogP contribution in [-0.2, 0) is 0 Å². The molecule has 0 saturated carbocycles. The van der Waals surface area contributed by atoms with Gasteiger partial charge in [-0.25, -0.2) is 0 Å². The van der Waals surface area contributed by atoms with Crippen molar-refractivity contribution < 1.29 is 0 Å². The van der Waals surface area contributed by atoms with Gasteiger partial charge in [0.05, 0.1) is 16.6 Å². The number of fused-ring (bicyclic) bond motifs is 1. The molecule has 1 heterocycles. The van der Waals surface area contributed by atoms with Gasteiger partial charge in [-0.2, -0.15) is 0 Å². The molecule has 1 aromatic heterocycles. The summed E-state index contributed by atoms with van der Waals surface area (Å²) in [5.74, 6) is 0.511. The lowest BCUT2D eigenvalue weighted by atomic mass is 9.98. The molecule has 0 aliphatic carbocycles. The molecule has 1 atom stereocenters. The van der Waals surface area contributed by atoms with Crippen molar-refractivity contribution >= 4 is 23.1 Å². The highest BCUT2D eigenvalue weighted by molar-refractivity contribution is 7.71. The quantitative estimate of drug-likeness (QED) is 0.720. The first-order valence-corrected chi connectivity index (χ1v) is 7.87. The van der Waals surface area contributed by atoms with E-state index in [0.717, 1.165) is 17.6 Å². The summed E-state index contributed by atoms with van der Waals surface area (Å²) in [6.45, 7) is 4.37. The Hall–Kier alpha value is -2.20. The van der Waals surface area contributed by atoms with Crippen LogP contribution in [0.15, 0.2) is 53.3 Å². The maximum atomic E-state index is 12.7. The zero-order chi connectivity index (χ0) is 15.7. The predicted molar refractivity (Wildman–Crippen MR) is 93.4 cm³/mol. The molecule has 22 heavy (non-hydrogen) atoms. The van der Waals surface area contributed by atoms with Gasteiger partial charge < -0.3 is 4.98 Å². The van der Waals surface area contributed by atoms with Gasteiger partial charge in [0.15, 0.2) is 4.77 Å². The van der Waals surface area contributed by atoms with Crippen molar-refractivity contribution in [3.8, 4) is 5.69 Å². The highest BCUT2D eigenvalue weighted by atomic mass is 32.1. The molecule has 1 N–H and O–H groups in total. The van der Waals surface area contributed by atoms with Gasteiger partial charge in [-0.3, -0.25) is 9.36 Å². The van der Waals surface area contributed by atoms with Crippen LogP contribution in [0.5, 0.6) is 0 Å². The number of H-pyrrole nitrogens is 1. The number of aromatic amines is 1. The fourth-order valence-corrected chi connectivity index (χ4v) is 2.88. The number of nitrogens with one attached hydrogen (secondary N) is 1. The van der Waals surface area contributed by atoms with Gasteiger partial charge in [0.1, 0.15) is 0 Å². The Labute approximate surface area is 134 Å². The largest absolute Gasteiger partial charge is 0.331 e. The van der Waals surface area contributed by atoms with Crippen molar-refractivity contribution in [1.82, 2.24) is 9.55 Å². The molecule has 112 valence electrons. The van der Waals surface area contributed by atoms with Crippen LogP contribution in [0.2, 0.25) is 0 Å². The van der Waals surface area contributed by atoms with Crippen LogP contribution >= 0.6 is 12.2 Å². The van der Waals surface area contributed by atoms with E-state index < -0.39 is 0 Å². The number of nitrogens with zero attached hydrogens (tertiary/aromatic N) is 1. The Morgan fingerprint density at radius 3 is 2.50 bits per heavy atom. The molecular weight excluding hydrogens is 292 g/mol. The molecule has 0 unspecified atom stereocenters. The number of hydrogen-bond acceptors (Lipinski definition) is 2. The second-order valence-corrected chi connectivity index (χ2v) is 5.90. The van der Waals surface area contributed by atoms with Gasteiger partial charge in [-0.05, 0) is 54.4 Å². The molecular formula is C18H18N2OS. The van der Waals surface area contributed by atoms with Gasteiger partial charge in [0, 0.05) is 0 Å². The Kier molecular flexibility index (Phi) is 3.94. The first-order chi connectivity index (χ1) is 10.6. The van der Waals surface area contributed by atoms with Gasteiger partial charge in [0.2, 0.25) is 0 Å². The maximum absolute atomic E-state index is 12.7. The van der Waals surface area contributed by atoms with Crippen LogP contribution in [0.1, 0.15) is 31.7 Å². The van der Waals surface area contributed by atoms with E-state index >= 15 is 0 Å². The number of para-hydroxylation sites is 1. The Morgan fingerprint density at radius 2 is 1.82 bits per heavy atom. The number of benzene rings is 2. The van der Waals surface area contributed by atoms with Crippen molar-refractivity contribution in [2.24, 2.45) is 0 Å². The van der Waals surface area contributed by atoms with Crippen LogP contribution in [-0.4, -0.2) is 9.55 Å². The van der Waals surface area contributed by atoms with Gasteiger partial charge >= 0.3 is 0 Å².